The van der Waals surface area contributed by atoms with Crippen molar-refractivity contribution in [2.24, 2.45) is 0 Å². The predicted octanol–water partition coefficient (Wildman–Crippen LogP) is 2.72. The van der Waals surface area contributed by atoms with E-state index in [1.54, 1.807) is 6.92 Å². The summed E-state index contributed by atoms with van der Waals surface area (Å²) in [6.45, 7) is 2.38. The van der Waals surface area contributed by atoms with Crippen molar-refractivity contribution in [3.63, 3.8) is 0 Å². The van der Waals surface area contributed by atoms with Crippen LogP contribution in [0.1, 0.15) is 43.0 Å². The first-order valence-electron chi connectivity index (χ1n) is 6.01. The molecule has 92 valence electrons. The molecule has 1 aliphatic heterocycles. The average molecular weight is 251 g/mol. The average Bonchev–Trinajstić information content (AvgIpc) is 2.81. The van der Waals surface area contributed by atoms with E-state index in [-0.39, 0.29) is 17.7 Å². The lowest BCUT2D eigenvalue weighted by atomic mass is 9.97. The highest BCUT2D eigenvalue weighted by Crippen LogP contribution is 2.22. The van der Waals surface area contributed by atoms with Crippen LogP contribution in [-0.2, 0) is 4.79 Å². The highest BCUT2D eigenvalue weighted by Gasteiger charge is 2.28. The van der Waals surface area contributed by atoms with E-state index in [0.29, 0.717) is 6.42 Å². The summed E-state index contributed by atoms with van der Waals surface area (Å²) in [5.74, 6) is 0.247. The molecule has 1 amide bonds. The Kier molecular flexibility index (Phi) is 3.94. The zero-order valence-corrected chi connectivity index (χ0v) is 10.8. The summed E-state index contributed by atoms with van der Waals surface area (Å²) in [6.07, 6.45) is 3.61. The maximum Gasteiger partial charge on any atom is 0.254 e. The highest BCUT2D eigenvalue weighted by molar-refractivity contribution is 7.08. The number of amides is 1. The molecule has 0 bridgehead atoms. The molecule has 1 saturated heterocycles. The Morgan fingerprint density at radius 3 is 2.94 bits per heavy atom. The van der Waals surface area contributed by atoms with E-state index in [0.717, 1.165) is 31.4 Å². The minimum Gasteiger partial charge on any atom is -0.335 e. The lowest BCUT2D eigenvalue weighted by Crippen LogP contribution is -2.44. The summed E-state index contributed by atoms with van der Waals surface area (Å²) < 4.78 is 0. The second-order valence-corrected chi connectivity index (χ2v) is 5.35. The van der Waals surface area contributed by atoms with Crippen LogP contribution >= 0.6 is 11.3 Å². The largest absolute Gasteiger partial charge is 0.335 e. The van der Waals surface area contributed by atoms with E-state index in [1.807, 2.05) is 21.7 Å². The number of thiophene rings is 1. The molecule has 0 radical (unpaired) electrons. The lowest BCUT2D eigenvalue weighted by Gasteiger charge is -2.35. The van der Waals surface area contributed by atoms with Gasteiger partial charge in [-0.15, -0.1) is 0 Å². The Labute approximate surface area is 105 Å². The van der Waals surface area contributed by atoms with E-state index >= 15 is 0 Å². The third-order valence-electron chi connectivity index (χ3n) is 3.18. The first kappa shape index (κ1) is 12.3. The molecule has 17 heavy (non-hydrogen) atoms. The number of carbonyl (C=O) groups excluding carboxylic acids is 2. The molecular weight excluding hydrogens is 234 g/mol. The van der Waals surface area contributed by atoms with Gasteiger partial charge in [0.05, 0.1) is 5.56 Å². The third-order valence-corrected chi connectivity index (χ3v) is 3.86. The van der Waals surface area contributed by atoms with Gasteiger partial charge in [0.1, 0.15) is 5.78 Å². The topological polar surface area (TPSA) is 37.4 Å². The number of rotatable bonds is 3. The molecule has 2 rings (SSSR count). The lowest BCUT2D eigenvalue weighted by molar-refractivity contribution is -0.118. The zero-order valence-electron chi connectivity index (χ0n) is 10.0. The number of likely N-dealkylation sites (tertiary alicyclic amines) is 1. The van der Waals surface area contributed by atoms with Crippen molar-refractivity contribution in [2.75, 3.05) is 6.54 Å². The Morgan fingerprint density at radius 2 is 2.29 bits per heavy atom. The van der Waals surface area contributed by atoms with E-state index < -0.39 is 0 Å². The smallest absolute Gasteiger partial charge is 0.254 e. The van der Waals surface area contributed by atoms with Crippen LogP contribution in [0, 0.1) is 0 Å². The zero-order chi connectivity index (χ0) is 12.3. The van der Waals surface area contributed by atoms with Crippen molar-refractivity contribution in [3.8, 4) is 0 Å². The maximum absolute atomic E-state index is 12.3. The summed E-state index contributed by atoms with van der Waals surface area (Å²) in [7, 11) is 0. The van der Waals surface area contributed by atoms with Crippen LogP contribution in [-0.4, -0.2) is 29.2 Å². The molecule has 0 saturated carbocycles. The molecular formula is C13H17NO2S. The third kappa shape index (κ3) is 2.94. The Hall–Kier alpha value is -1.16. The van der Waals surface area contributed by atoms with Gasteiger partial charge in [-0.1, -0.05) is 0 Å². The van der Waals surface area contributed by atoms with Crippen molar-refractivity contribution in [1.82, 2.24) is 4.90 Å². The normalized spacial score (nSPS) is 20.3. The molecule has 0 N–H and O–H groups in total. The maximum atomic E-state index is 12.3. The number of Topliss-reactive ketones (excluding diaryl/α,β-unsaturated/α-hetero) is 1. The fourth-order valence-corrected chi connectivity index (χ4v) is 2.99. The fourth-order valence-electron chi connectivity index (χ4n) is 2.36. The van der Waals surface area contributed by atoms with Crippen molar-refractivity contribution in [2.45, 2.75) is 38.6 Å². The van der Waals surface area contributed by atoms with Gasteiger partial charge in [-0.2, -0.15) is 11.3 Å². The van der Waals surface area contributed by atoms with Crippen LogP contribution in [0.3, 0.4) is 0 Å². The molecule has 1 fully saturated rings. The standard InChI is InChI=1S/C13H17NO2S/c1-10(15)8-12-4-2-3-6-14(12)13(16)11-5-7-17-9-11/h5,7,9,12H,2-4,6,8H2,1H3. The first-order valence-corrected chi connectivity index (χ1v) is 6.95. The summed E-state index contributed by atoms with van der Waals surface area (Å²) >= 11 is 1.53. The molecule has 0 spiro atoms. The minimum absolute atomic E-state index is 0.0807. The first-order chi connectivity index (χ1) is 8.18. The number of hydrogen-bond acceptors (Lipinski definition) is 3. The van der Waals surface area contributed by atoms with E-state index in [4.69, 9.17) is 0 Å². The molecule has 0 aliphatic carbocycles. The second-order valence-electron chi connectivity index (χ2n) is 4.57. The van der Waals surface area contributed by atoms with E-state index in [2.05, 4.69) is 0 Å². The molecule has 3 nitrogen and oxygen atoms in total. The number of ketones is 1. The number of hydrogen-bond donors (Lipinski definition) is 0. The van der Waals surface area contributed by atoms with Gasteiger partial charge in [0, 0.05) is 24.4 Å². The van der Waals surface area contributed by atoms with Gasteiger partial charge >= 0.3 is 0 Å². The molecule has 1 aromatic heterocycles. The summed E-state index contributed by atoms with van der Waals surface area (Å²) in [5, 5.41) is 3.79. The molecule has 1 atom stereocenters. The van der Waals surface area contributed by atoms with Gasteiger partial charge < -0.3 is 4.90 Å². The molecule has 2 heterocycles. The monoisotopic (exact) mass is 251 g/mol. The van der Waals surface area contributed by atoms with E-state index in [9.17, 15) is 9.59 Å². The van der Waals surface area contributed by atoms with Gasteiger partial charge in [-0.3, -0.25) is 9.59 Å². The van der Waals surface area contributed by atoms with Gasteiger partial charge in [-0.25, -0.2) is 0 Å². The summed E-state index contributed by atoms with van der Waals surface area (Å²) in [4.78, 5) is 25.4. The SMILES string of the molecule is CC(=O)CC1CCCCN1C(=O)c1ccsc1. The van der Waals surface area contributed by atoms with Gasteiger partial charge in [0.25, 0.3) is 5.91 Å². The minimum atomic E-state index is 0.0807. The van der Waals surface area contributed by atoms with Crippen LogP contribution in [0.25, 0.3) is 0 Å². The van der Waals surface area contributed by atoms with Gasteiger partial charge in [0.15, 0.2) is 0 Å². The van der Waals surface area contributed by atoms with Crippen LogP contribution in [0.2, 0.25) is 0 Å². The van der Waals surface area contributed by atoms with Crippen molar-refractivity contribution in [1.29, 1.82) is 0 Å². The number of piperidine rings is 1. The summed E-state index contributed by atoms with van der Waals surface area (Å²) in [5.41, 5.74) is 0.755. The molecule has 1 unspecified atom stereocenters. The Morgan fingerprint density at radius 1 is 1.47 bits per heavy atom. The number of carbonyl (C=O) groups is 2. The van der Waals surface area contributed by atoms with Crippen LogP contribution in [0.4, 0.5) is 0 Å². The van der Waals surface area contributed by atoms with Crippen molar-refractivity contribution in [3.05, 3.63) is 22.4 Å². The Balaban J connectivity index is 2.10. The van der Waals surface area contributed by atoms with Crippen LogP contribution in [0.15, 0.2) is 16.8 Å². The van der Waals surface area contributed by atoms with Gasteiger partial charge in [0.2, 0.25) is 0 Å². The molecule has 1 aromatic rings. The predicted molar refractivity (Wildman–Crippen MR) is 68.3 cm³/mol. The van der Waals surface area contributed by atoms with Gasteiger partial charge in [-0.05, 0) is 37.6 Å². The Bertz CT molecular complexity index is 400. The van der Waals surface area contributed by atoms with Crippen LogP contribution < -0.4 is 0 Å². The molecule has 4 heteroatoms. The van der Waals surface area contributed by atoms with Crippen LogP contribution in [0.5, 0.6) is 0 Å². The van der Waals surface area contributed by atoms with Crippen molar-refractivity contribution < 1.29 is 9.59 Å². The quantitative estimate of drug-likeness (QED) is 0.828. The second kappa shape index (κ2) is 5.45. The van der Waals surface area contributed by atoms with E-state index in [1.165, 1.54) is 11.3 Å². The molecule has 1 aliphatic rings. The highest BCUT2D eigenvalue weighted by atomic mass is 32.1. The molecule has 0 aromatic carbocycles. The summed E-state index contributed by atoms with van der Waals surface area (Å²) in [6, 6.07) is 1.96. The number of nitrogens with zero attached hydrogens (tertiary/aromatic N) is 1. The van der Waals surface area contributed by atoms with Crippen molar-refractivity contribution >= 4 is 23.0 Å². The fraction of sp³-hybridized carbons (Fsp3) is 0.538.